The summed E-state index contributed by atoms with van der Waals surface area (Å²) in [6.45, 7) is 5.41. The molecule has 0 radical (unpaired) electrons. The van der Waals surface area contributed by atoms with Crippen LogP contribution in [-0.2, 0) is 19.2 Å². The average Bonchev–Trinajstić information content (AvgIpc) is 3.48. The van der Waals surface area contributed by atoms with Crippen LogP contribution in [0.1, 0.15) is 0 Å². The van der Waals surface area contributed by atoms with Crippen molar-refractivity contribution < 1.29 is 69.2 Å². The first-order valence-electron chi connectivity index (χ1n) is 8.32. The second-order valence-electron chi connectivity index (χ2n) is 6.43. The molecular weight excluding hydrogens is 385 g/mol. The third kappa shape index (κ3) is 4.92. The van der Waals surface area contributed by atoms with Gasteiger partial charge in [-0.1, -0.05) is 0 Å². The number of carboxylic acid groups (broad SMARTS) is 2. The molecule has 4 rings (SSSR count). The van der Waals surface area contributed by atoms with Gasteiger partial charge in [0.15, 0.2) is 6.10 Å². The van der Waals surface area contributed by atoms with Gasteiger partial charge in [0.25, 0.3) is 0 Å². The predicted molar refractivity (Wildman–Crippen MR) is 84.5 cm³/mol. The van der Waals surface area contributed by atoms with Gasteiger partial charge in [-0.05, 0) is 0 Å². The van der Waals surface area contributed by atoms with E-state index in [-0.39, 0.29) is 41.1 Å². The predicted octanol–water partition coefficient (Wildman–Crippen LogP) is -7.27. The molecule has 1 aliphatic carbocycles. The molecule has 3 heterocycles. The maximum Gasteiger partial charge on any atom is 1.00 e. The summed E-state index contributed by atoms with van der Waals surface area (Å²) in [4.78, 5) is 49.9. The summed E-state index contributed by atoms with van der Waals surface area (Å²) in [7, 11) is 0. The number of ketones is 2. The summed E-state index contributed by atoms with van der Waals surface area (Å²) in [5.41, 5.74) is 1.89. The van der Waals surface area contributed by atoms with E-state index in [1.54, 1.807) is 0 Å². The zero-order valence-corrected chi connectivity index (χ0v) is 17.2. The first-order chi connectivity index (χ1) is 12.7. The van der Waals surface area contributed by atoms with Crippen LogP contribution in [0.15, 0.2) is 23.2 Å². The summed E-state index contributed by atoms with van der Waals surface area (Å²) >= 11 is 0. The number of allylic oxidation sites excluding steroid dienone is 1. The van der Waals surface area contributed by atoms with Crippen LogP contribution in [0.4, 0.5) is 0 Å². The Morgan fingerprint density at radius 1 is 0.893 bits per heavy atom. The van der Waals surface area contributed by atoms with Crippen molar-refractivity contribution in [2.24, 2.45) is 0 Å². The van der Waals surface area contributed by atoms with Gasteiger partial charge in [0.2, 0.25) is 11.6 Å². The summed E-state index contributed by atoms with van der Waals surface area (Å²) < 4.78 is 0. The molecule has 2 atom stereocenters. The summed E-state index contributed by atoms with van der Waals surface area (Å²) in [6.07, 6.45) is -3.18. The van der Waals surface area contributed by atoms with Crippen molar-refractivity contribution in [3.63, 3.8) is 0 Å². The van der Waals surface area contributed by atoms with E-state index in [1.807, 2.05) is 14.7 Å². The standard InChI is InChI=1S/C12H13N3O2.C4H6O6.Na/c16-9-7-8(13-1-2-13)12(17)11(15-5-6-15)10(9)14-3-4-14;5-1(3(7)8)2(6)4(9)10;/h7H,1-6H2;1-2,5-6H,(H,7,8)(H,9,10);/q;;+1/p-1. The van der Waals surface area contributed by atoms with Gasteiger partial charge in [-0.3, -0.25) is 9.59 Å². The van der Waals surface area contributed by atoms with Crippen LogP contribution < -0.4 is 34.7 Å². The fraction of sp³-hybridized carbons (Fsp3) is 0.500. The van der Waals surface area contributed by atoms with Crippen LogP contribution >= 0.6 is 0 Å². The minimum Gasteiger partial charge on any atom is -0.547 e. The summed E-state index contributed by atoms with van der Waals surface area (Å²) in [5.74, 6) is -3.78. The van der Waals surface area contributed by atoms with E-state index in [0.29, 0.717) is 17.1 Å². The number of aliphatic carboxylic acids is 2. The smallest absolute Gasteiger partial charge is 0.547 e. The molecule has 3 aliphatic heterocycles. The van der Waals surface area contributed by atoms with E-state index < -0.39 is 24.1 Å². The van der Waals surface area contributed by atoms with Crippen LogP contribution in [0.3, 0.4) is 0 Å². The number of hydrogen-bond donors (Lipinski definition) is 3. The molecule has 3 saturated heterocycles. The molecule has 0 aromatic carbocycles. The average molecular weight is 403 g/mol. The summed E-state index contributed by atoms with van der Waals surface area (Å²) in [6, 6.07) is 0. The number of rotatable bonds is 6. The number of nitrogens with zero attached hydrogens (tertiary/aromatic N) is 3. The Balaban J connectivity index is 0.000000224. The number of hydrogen-bond acceptors (Lipinski definition) is 10. The molecule has 3 fully saturated rings. The van der Waals surface area contributed by atoms with E-state index in [1.165, 1.54) is 6.08 Å². The van der Waals surface area contributed by atoms with E-state index in [4.69, 9.17) is 15.3 Å². The van der Waals surface area contributed by atoms with Crippen molar-refractivity contribution in [1.29, 1.82) is 0 Å². The largest absolute Gasteiger partial charge is 1.00 e. The van der Waals surface area contributed by atoms with Gasteiger partial charge in [-0.15, -0.1) is 0 Å². The van der Waals surface area contributed by atoms with Crippen molar-refractivity contribution >= 4 is 23.5 Å². The molecule has 11 nitrogen and oxygen atoms in total. The molecule has 0 amide bonds. The Labute approximate surface area is 181 Å². The second-order valence-corrected chi connectivity index (χ2v) is 6.43. The van der Waals surface area contributed by atoms with Gasteiger partial charge in [0, 0.05) is 45.3 Å². The molecule has 0 spiro atoms. The van der Waals surface area contributed by atoms with Gasteiger partial charge in [-0.25, -0.2) is 4.79 Å². The third-order valence-corrected chi connectivity index (χ3v) is 4.28. The first kappa shape index (κ1) is 22.4. The number of aliphatic hydroxyl groups excluding tert-OH is 2. The molecule has 2 unspecified atom stereocenters. The quantitative estimate of drug-likeness (QED) is 0.219. The molecule has 28 heavy (non-hydrogen) atoms. The normalized spacial score (nSPS) is 21.8. The number of carbonyl (C=O) groups is 4. The van der Waals surface area contributed by atoms with Crippen molar-refractivity contribution in [2.75, 3.05) is 39.3 Å². The van der Waals surface area contributed by atoms with Crippen molar-refractivity contribution in [3.8, 4) is 0 Å². The van der Waals surface area contributed by atoms with Crippen molar-refractivity contribution in [3.05, 3.63) is 23.2 Å². The van der Waals surface area contributed by atoms with E-state index in [0.717, 1.165) is 39.3 Å². The molecule has 0 bridgehead atoms. The minimum atomic E-state index is -2.38. The molecule has 12 heteroatoms. The topological polar surface area (TPSA) is 161 Å². The van der Waals surface area contributed by atoms with Gasteiger partial charge in [0.1, 0.15) is 17.5 Å². The fourth-order valence-electron chi connectivity index (χ4n) is 2.54. The van der Waals surface area contributed by atoms with Gasteiger partial charge in [0.05, 0.1) is 11.7 Å². The number of aliphatic hydroxyl groups is 2. The SMILES string of the molecule is O=C([O-])C(O)C(O)C(=O)O.O=C1C=C(N2CC2)C(=O)C(N2CC2)=C1N1CC1.[Na+]. The van der Waals surface area contributed by atoms with Gasteiger partial charge < -0.3 is 39.9 Å². The van der Waals surface area contributed by atoms with Crippen LogP contribution in [0, 0.1) is 0 Å². The number of Topliss-reactive ketones (excluding diaryl/α,β-unsaturated/α-hetero) is 1. The Bertz CT molecular complexity index is 750. The van der Waals surface area contributed by atoms with E-state index >= 15 is 0 Å². The van der Waals surface area contributed by atoms with Gasteiger partial charge >= 0.3 is 35.5 Å². The summed E-state index contributed by atoms with van der Waals surface area (Å²) in [5, 5.41) is 34.1. The monoisotopic (exact) mass is 403 g/mol. The Morgan fingerprint density at radius 2 is 1.36 bits per heavy atom. The minimum absolute atomic E-state index is 0. The zero-order valence-electron chi connectivity index (χ0n) is 15.2. The van der Waals surface area contributed by atoms with Crippen LogP contribution in [-0.4, -0.2) is 105 Å². The third-order valence-electron chi connectivity index (χ3n) is 4.28. The maximum absolute atomic E-state index is 12.4. The molecular formula is C16H18N3NaO8. The van der Waals surface area contributed by atoms with Crippen LogP contribution in [0.25, 0.3) is 0 Å². The maximum atomic E-state index is 12.4. The first-order valence-corrected chi connectivity index (χ1v) is 8.32. The van der Waals surface area contributed by atoms with E-state index in [9.17, 15) is 24.3 Å². The number of carboxylic acids is 2. The zero-order chi connectivity index (χ0) is 19.9. The molecule has 146 valence electrons. The Kier molecular flexibility index (Phi) is 6.88. The second kappa shape index (κ2) is 8.62. The van der Waals surface area contributed by atoms with Crippen molar-refractivity contribution in [2.45, 2.75) is 12.2 Å². The number of carbonyl (C=O) groups excluding carboxylic acids is 3. The Hall–Kier alpha value is -1.92. The fourth-order valence-corrected chi connectivity index (χ4v) is 2.54. The molecule has 0 aromatic heterocycles. The molecule has 0 aromatic rings. The molecule has 3 N–H and O–H groups in total. The molecule has 0 saturated carbocycles. The Morgan fingerprint density at radius 3 is 1.71 bits per heavy atom. The van der Waals surface area contributed by atoms with E-state index in [2.05, 4.69) is 0 Å². The van der Waals surface area contributed by atoms with Crippen LogP contribution in [0.2, 0.25) is 0 Å². The van der Waals surface area contributed by atoms with Gasteiger partial charge in [-0.2, -0.15) is 0 Å². The molecule has 4 aliphatic rings. The van der Waals surface area contributed by atoms with Crippen molar-refractivity contribution in [1.82, 2.24) is 14.7 Å². The van der Waals surface area contributed by atoms with Crippen LogP contribution in [0.5, 0.6) is 0 Å².